The number of carbonyl (C=O) groups is 1. The summed E-state index contributed by atoms with van der Waals surface area (Å²) in [6.45, 7) is 2.42. The zero-order valence-corrected chi connectivity index (χ0v) is 11.5. The van der Waals surface area contributed by atoms with Crippen LogP contribution in [0.1, 0.15) is 42.0 Å². The largest absolute Gasteiger partial charge is 0.396 e. The average molecular weight is 273 g/mol. The lowest BCUT2D eigenvalue weighted by molar-refractivity contribution is 0.0939. The number of hydrogen-bond donors (Lipinski definition) is 2. The molecule has 0 aromatic carbocycles. The van der Waals surface area contributed by atoms with Gasteiger partial charge in [-0.3, -0.25) is 4.79 Å². The highest BCUT2D eigenvalue weighted by Gasteiger charge is 2.30. The minimum atomic E-state index is -0.166. The Kier molecular flexibility index (Phi) is 3.44. The number of amides is 1. The van der Waals surface area contributed by atoms with Crippen molar-refractivity contribution in [2.75, 3.05) is 13.2 Å². The monoisotopic (exact) mass is 273 g/mol. The van der Waals surface area contributed by atoms with Gasteiger partial charge in [-0.05, 0) is 30.9 Å². The Hall–Kier alpha value is -1.88. The molecule has 1 unspecified atom stereocenters. The fourth-order valence-electron chi connectivity index (χ4n) is 2.27. The Balaban J connectivity index is 1.89. The van der Waals surface area contributed by atoms with Crippen LogP contribution in [0.15, 0.2) is 24.4 Å². The molecule has 5 nitrogen and oxygen atoms in total. The molecule has 106 valence electrons. The smallest absolute Gasteiger partial charge is 0.272 e. The van der Waals surface area contributed by atoms with Crippen molar-refractivity contribution in [2.45, 2.75) is 25.7 Å². The third kappa shape index (κ3) is 2.41. The topological polar surface area (TPSA) is 66.6 Å². The SMILES string of the molecule is CC(CO)CNC(=O)c1nc(C2CC2)n2ccccc12. The highest BCUT2D eigenvalue weighted by atomic mass is 16.3. The van der Waals surface area contributed by atoms with Crippen LogP contribution in [0.4, 0.5) is 0 Å². The molecule has 1 atom stereocenters. The predicted octanol–water partition coefficient (Wildman–Crippen LogP) is 1.57. The molecule has 2 aromatic heterocycles. The van der Waals surface area contributed by atoms with Gasteiger partial charge in [0.15, 0.2) is 5.69 Å². The van der Waals surface area contributed by atoms with Crippen molar-refractivity contribution in [3.8, 4) is 0 Å². The number of nitrogens with zero attached hydrogens (tertiary/aromatic N) is 2. The van der Waals surface area contributed by atoms with Gasteiger partial charge in [-0.1, -0.05) is 13.0 Å². The van der Waals surface area contributed by atoms with Gasteiger partial charge < -0.3 is 14.8 Å². The molecular weight excluding hydrogens is 254 g/mol. The summed E-state index contributed by atoms with van der Waals surface area (Å²) in [6.07, 6.45) is 4.26. The van der Waals surface area contributed by atoms with Gasteiger partial charge in [-0.2, -0.15) is 0 Å². The highest BCUT2D eigenvalue weighted by Crippen LogP contribution is 2.39. The molecular formula is C15H19N3O2. The van der Waals surface area contributed by atoms with Gasteiger partial charge in [-0.25, -0.2) is 4.98 Å². The third-order valence-electron chi connectivity index (χ3n) is 3.66. The van der Waals surface area contributed by atoms with E-state index in [1.54, 1.807) is 0 Å². The van der Waals surface area contributed by atoms with Crippen LogP contribution in [0.3, 0.4) is 0 Å². The summed E-state index contributed by atoms with van der Waals surface area (Å²) in [5.74, 6) is 1.36. The van der Waals surface area contributed by atoms with Crippen molar-refractivity contribution in [2.24, 2.45) is 5.92 Å². The molecule has 1 fully saturated rings. The van der Waals surface area contributed by atoms with Crippen molar-refractivity contribution in [3.05, 3.63) is 35.9 Å². The molecule has 1 aliphatic rings. The van der Waals surface area contributed by atoms with Gasteiger partial charge >= 0.3 is 0 Å². The highest BCUT2D eigenvalue weighted by molar-refractivity contribution is 5.99. The summed E-state index contributed by atoms with van der Waals surface area (Å²) in [5, 5.41) is 11.8. The van der Waals surface area contributed by atoms with Crippen molar-refractivity contribution in [1.82, 2.24) is 14.7 Å². The number of aliphatic hydroxyl groups is 1. The first-order valence-electron chi connectivity index (χ1n) is 7.06. The summed E-state index contributed by atoms with van der Waals surface area (Å²) in [5.41, 5.74) is 1.33. The van der Waals surface area contributed by atoms with Crippen LogP contribution in [-0.4, -0.2) is 33.6 Å². The molecule has 5 heteroatoms. The molecule has 0 saturated heterocycles. The first-order chi connectivity index (χ1) is 9.70. The number of hydrogen-bond acceptors (Lipinski definition) is 3. The van der Waals surface area contributed by atoms with E-state index in [1.165, 1.54) is 0 Å². The fraction of sp³-hybridized carbons (Fsp3) is 0.467. The lowest BCUT2D eigenvalue weighted by Gasteiger charge is -2.08. The van der Waals surface area contributed by atoms with E-state index in [4.69, 9.17) is 5.11 Å². The molecule has 2 N–H and O–H groups in total. The van der Waals surface area contributed by atoms with E-state index in [2.05, 4.69) is 10.3 Å². The number of nitrogens with one attached hydrogen (secondary N) is 1. The number of rotatable bonds is 5. The Morgan fingerprint density at radius 3 is 3.05 bits per heavy atom. The minimum Gasteiger partial charge on any atom is -0.396 e. The maximum atomic E-state index is 12.3. The van der Waals surface area contributed by atoms with Crippen LogP contribution >= 0.6 is 0 Å². The average Bonchev–Trinajstić information content (AvgIpc) is 3.25. The predicted molar refractivity (Wildman–Crippen MR) is 75.8 cm³/mol. The Bertz CT molecular complexity index is 631. The van der Waals surface area contributed by atoms with Crippen LogP contribution < -0.4 is 5.32 Å². The number of fused-ring (bicyclic) bond motifs is 1. The molecule has 0 radical (unpaired) electrons. The van der Waals surface area contributed by atoms with Crippen LogP contribution in [0.5, 0.6) is 0 Å². The molecule has 2 aromatic rings. The van der Waals surface area contributed by atoms with E-state index in [-0.39, 0.29) is 18.4 Å². The van der Waals surface area contributed by atoms with E-state index in [0.29, 0.717) is 18.2 Å². The van der Waals surface area contributed by atoms with E-state index in [9.17, 15) is 4.79 Å². The van der Waals surface area contributed by atoms with Gasteiger partial charge in [0.1, 0.15) is 5.82 Å². The van der Waals surface area contributed by atoms with Crippen LogP contribution in [0.25, 0.3) is 5.52 Å². The number of aliphatic hydroxyl groups excluding tert-OH is 1. The number of aromatic nitrogens is 2. The Morgan fingerprint density at radius 2 is 2.35 bits per heavy atom. The molecule has 20 heavy (non-hydrogen) atoms. The molecule has 3 rings (SSSR count). The van der Waals surface area contributed by atoms with E-state index in [0.717, 1.165) is 24.2 Å². The van der Waals surface area contributed by atoms with Crippen molar-refractivity contribution >= 4 is 11.4 Å². The summed E-state index contributed by atoms with van der Waals surface area (Å²) in [7, 11) is 0. The summed E-state index contributed by atoms with van der Waals surface area (Å²) < 4.78 is 2.02. The first-order valence-corrected chi connectivity index (χ1v) is 7.06. The third-order valence-corrected chi connectivity index (χ3v) is 3.66. The van der Waals surface area contributed by atoms with E-state index in [1.807, 2.05) is 35.7 Å². The van der Waals surface area contributed by atoms with Gasteiger partial charge in [-0.15, -0.1) is 0 Å². The number of imidazole rings is 1. The molecule has 0 aliphatic heterocycles. The van der Waals surface area contributed by atoms with E-state index < -0.39 is 0 Å². The second kappa shape index (κ2) is 5.25. The van der Waals surface area contributed by atoms with Crippen molar-refractivity contribution in [3.63, 3.8) is 0 Å². The zero-order valence-electron chi connectivity index (χ0n) is 11.5. The van der Waals surface area contributed by atoms with Crippen LogP contribution in [0.2, 0.25) is 0 Å². The minimum absolute atomic E-state index is 0.0516. The molecule has 0 bridgehead atoms. The van der Waals surface area contributed by atoms with Gasteiger partial charge in [0, 0.05) is 25.3 Å². The van der Waals surface area contributed by atoms with Crippen LogP contribution in [0, 0.1) is 5.92 Å². The molecule has 0 spiro atoms. The number of carbonyl (C=O) groups excluding carboxylic acids is 1. The zero-order chi connectivity index (χ0) is 14.1. The summed E-state index contributed by atoms with van der Waals surface area (Å²) in [6, 6.07) is 5.79. The lowest BCUT2D eigenvalue weighted by atomic mass is 10.2. The van der Waals surface area contributed by atoms with Gasteiger partial charge in [0.25, 0.3) is 5.91 Å². The van der Waals surface area contributed by atoms with Gasteiger partial charge in [0.2, 0.25) is 0 Å². The summed E-state index contributed by atoms with van der Waals surface area (Å²) >= 11 is 0. The van der Waals surface area contributed by atoms with E-state index >= 15 is 0 Å². The Morgan fingerprint density at radius 1 is 1.55 bits per heavy atom. The van der Waals surface area contributed by atoms with Crippen LogP contribution in [-0.2, 0) is 0 Å². The number of pyridine rings is 1. The molecule has 1 saturated carbocycles. The Labute approximate surface area is 117 Å². The normalized spacial score (nSPS) is 16.3. The fourth-order valence-corrected chi connectivity index (χ4v) is 2.27. The second-order valence-electron chi connectivity index (χ2n) is 5.55. The quantitative estimate of drug-likeness (QED) is 0.869. The maximum absolute atomic E-state index is 12.3. The van der Waals surface area contributed by atoms with Gasteiger partial charge in [0.05, 0.1) is 5.52 Å². The maximum Gasteiger partial charge on any atom is 0.272 e. The standard InChI is InChI=1S/C15H19N3O2/c1-10(9-19)8-16-15(20)13-12-4-2-3-7-18(12)14(17-13)11-5-6-11/h2-4,7,10-11,19H,5-6,8-9H2,1H3,(H,16,20). The van der Waals surface area contributed by atoms with Crippen molar-refractivity contribution in [1.29, 1.82) is 0 Å². The first kappa shape index (κ1) is 13.1. The van der Waals surface area contributed by atoms with Crippen molar-refractivity contribution < 1.29 is 9.90 Å². The second-order valence-corrected chi connectivity index (χ2v) is 5.55. The molecule has 2 heterocycles. The molecule has 1 amide bonds. The lowest BCUT2D eigenvalue weighted by Crippen LogP contribution is -2.29. The molecule has 1 aliphatic carbocycles. The summed E-state index contributed by atoms with van der Waals surface area (Å²) in [4.78, 5) is 16.8.